The van der Waals surface area contributed by atoms with E-state index < -0.39 is 6.10 Å². The number of rotatable bonds is 5. The summed E-state index contributed by atoms with van der Waals surface area (Å²) in [5.74, 6) is 0. The normalized spacial score (nSPS) is 22.8. The van der Waals surface area contributed by atoms with Crippen LogP contribution in [0.5, 0.6) is 0 Å². The van der Waals surface area contributed by atoms with Crippen LogP contribution in [-0.4, -0.2) is 50.8 Å². The van der Waals surface area contributed by atoms with Crippen molar-refractivity contribution in [2.24, 2.45) is 5.18 Å². The highest BCUT2D eigenvalue weighted by molar-refractivity contribution is 5.75. The number of aliphatic hydroxyl groups excluding tert-OH is 1. The van der Waals surface area contributed by atoms with E-state index in [2.05, 4.69) is 15.1 Å². The van der Waals surface area contributed by atoms with Gasteiger partial charge in [-0.05, 0) is 44.4 Å². The van der Waals surface area contributed by atoms with E-state index in [1.165, 1.54) is 6.20 Å². The smallest absolute Gasteiger partial charge is 0.269 e. The molecule has 1 aromatic heterocycles. The fourth-order valence-corrected chi connectivity index (χ4v) is 3.61. The quantitative estimate of drug-likeness (QED) is 0.834. The predicted octanol–water partition coefficient (Wildman–Crippen LogP) is 1.69. The summed E-state index contributed by atoms with van der Waals surface area (Å²) in [5, 5.41) is 13.1. The van der Waals surface area contributed by atoms with Crippen LogP contribution in [0.3, 0.4) is 0 Å². The summed E-state index contributed by atoms with van der Waals surface area (Å²) >= 11 is 0. The summed E-state index contributed by atoms with van der Waals surface area (Å²) in [6, 6.07) is 5.38. The van der Waals surface area contributed by atoms with E-state index in [-0.39, 0.29) is 17.6 Å². The van der Waals surface area contributed by atoms with Gasteiger partial charge in [0.1, 0.15) is 6.04 Å². The van der Waals surface area contributed by atoms with E-state index >= 15 is 0 Å². The molecular weight excluding hydrogens is 320 g/mol. The van der Waals surface area contributed by atoms with Crippen molar-refractivity contribution in [2.75, 3.05) is 13.1 Å². The van der Waals surface area contributed by atoms with Crippen LogP contribution in [0.1, 0.15) is 25.3 Å². The van der Waals surface area contributed by atoms with Gasteiger partial charge in [-0.3, -0.25) is 9.69 Å². The lowest BCUT2D eigenvalue weighted by molar-refractivity contribution is 0.0319. The van der Waals surface area contributed by atoms with Gasteiger partial charge in [-0.25, -0.2) is 4.98 Å². The minimum absolute atomic E-state index is 0.0909. The summed E-state index contributed by atoms with van der Waals surface area (Å²) in [6.07, 6.45) is 2.17. The minimum Gasteiger partial charge on any atom is -0.393 e. The van der Waals surface area contributed by atoms with Crippen molar-refractivity contribution in [3.63, 3.8) is 0 Å². The van der Waals surface area contributed by atoms with Gasteiger partial charge in [0.05, 0.1) is 23.3 Å². The van der Waals surface area contributed by atoms with Gasteiger partial charge in [-0.2, -0.15) is 4.91 Å². The second kappa shape index (κ2) is 7.41. The highest BCUT2D eigenvalue weighted by atomic mass is 16.3. The molecule has 0 radical (unpaired) electrons. The Bertz CT molecular complexity index is 820. The van der Waals surface area contributed by atoms with Gasteiger partial charge < -0.3 is 9.67 Å². The van der Waals surface area contributed by atoms with Crippen molar-refractivity contribution in [3.8, 4) is 0 Å². The van der Waals surface area contributed by atoms with E-state index in [0.717, 1.165) is 16.6 Å². The molecular formula is C18H24N4O3. The number of nitroso groups, excluding NO2 is 1. The van der Waals surface area contributed by atoms with E-state index in [4.69, 9.17) is 0 Å². The summed E-state index contributed by atoms with van der Waals surface area (Å²) in [7, 11) is 0. The minimum atomic E-state index is -0.391. The maximum Gasteiger partial charge on any atom is 0.269 e. The molecule has 7 nitrogen and oxygen atoms in total. The fourth-order valence-electron chi connectivity index (χ4n) is 3.61. The lowest BCUT2D eigenvalue weighted by Crippen LogP contribution is -2.50. The second-order valence-corrected chi connectivity index (χ2v) is 6.87. The lowest BCUT2D eigenvalue weighted by Gasteiger charge is -2.39. The molecule has 0 spiro atoms. The Balaban J connectivity index is 1.84. The highest BCUT2D eigenvalue weighted by Gasteiger charge is 2.31. The first-order valence-electron chi connectivity index (χ1n) is 8.70. The van der Waals surface area contributed by atoms with E-state index in [9.17, 15) is 14.8 Å². The number of fused-ring (bicyclic) bond motifs is 1. The summed E-state index contributed by atoms with van der Waals surface area (Å²) < 4.78 is 1.73. The van der Waals surface area contributed by atoms with Gasteiger partial charge in [0.25, 0.3) is 5.56 Å². The lowest BCUT2D eigenvalue weighted by atomic mass is 9.95. The van der Waals surface area contributed by atoms with Crippen LogP contribution in [-0.2, 0) is 6.54 Å². The van der Waals surface area contributed by atoms with Gasteiger partial charge in [0, 0.05) is 25.7 Å². The number of benzene rings is 1. The summed E-state index contributed by atoms with van der Waals surface area (Å²) in [5.41, 5.74) is 2.56. The van der Waals surface area contributed by atoms with Crippen LogP contribution in [0.2, 0.25) is 0 Å². The Labute approximate surface area is 146 Å². The monoisotopic (exact) mass is 344 g/mol. The number of likely N-dealkylation sites (tertiary alicyclic amines) is 1. The zero-order chi connectivity index (χ0) is 18.0. The molecule has 3 atom stereocenters. The highest BCUT2D eigenvalue weighted by Crippen LogP contribution is 2.22. The first kappa shape index (κ1) is 17.7. The van der Waals surface area contributed by atoms with Crippen LogP contribution >= 0.6 is 0 Å². The Morgan fingerprint density at radius 1 is 1.40 bits per heavy atom. The first-order valence-corrected chi connectivity index (χ1v) is 8.70. The van der Waals surface area contributed by atoms with Gasteiger partial charge >= 0.3 is 0 Å². The number of hydrogen-bond donors (Lipinski definition) is 1. The average Bonchev–Trinajstić information content (AvgIpc) is 2.61. The van der Waals surface area contributed by atoms with Crippen LogP contribution in [0.4, 0.5) is 0 Å². The molecule has 0 saturated carbocycles. The van der Waals surface area contributed by atoms with Gasteiger partial charge in [0.2, 0.25) is 0 Å². The molecule has 2 heterocycles. The molecule has 2 aromatic rings. The topological polar surface area (TPSA) is 87.8 Å². The molecule has 1 fully saturated rings. The third-order valence-corrected chi connectivity index (χ3v) is 5.07. The van der Waals surface area contributed by atoms with Crippen molar-refractivity contribution >= 4 is 11.0 Å². The van der Waals surface area contributed by atoms with Crippen LogP contribution < -0.4 is 5.56 Å². The molecule has 1 aromatic carbocycles. The number of piperidine rings is 1. The second-order valence-electron chi connectivity index (χ2n) is 6.87. The SMILES string of the molecule is Cc1ccc2ncc(=O)n(CCN3CCC(O)CC3C(C)N=O)c2c1. The van der Waals surface area contributed by atoms with E-state index in [0.29, 0.717) is 32.5 Å². The third-order valence-electron chi connectivity index (χ3n) is 5.07. The van der Waals surface area contributed by atoms with Gasteiger partial charge in [0.15, 0.2) is 0 Å². The summed E-state index contributed by atoms with van der Waals surface area (Å²) in [4.78, 5) is 29.7. The van der Waals surface area contributed by atoms with Crippen molar-refractivity contribution in [2.45, 2.75) is 51.4 Å². The first-order chi connectivity index (χ1) is 12.0. The summed E-state index contributed by atoms with van der Waals surface area (Å²) in [6.45, 7) is 5.60. The molecule has 0 bridgehead atoms. The molecule has 1 saturated heterocycles. The zero-order valence-corrected chi connectivity index (χ0v) is 14.6. The maximum atomic E-state index is 12.3. The number of hydrogen-bond acceptors (Lipinski definition) is 6. The van der Waals surface area contributed by atoms with Crippen molar-refractivity contribution < 1.29 is 5.11 Å². The molecule has 134 valence electrons. The maximum absolute atomic E-state index is 12.3. The largest absolute Gasteiger partial charge is 0.393 e. The van der Waals surface area contributed by atoms with Crippen LogP contribution in [0.25, 0.3) is 11.0 Å². The molecule has 3 rings (SSSR count). The zero-order valence-electron chi connectivity index (χ0n) is 14.6. The number of nitrogens with zero attached hydrogens (tertiary/aromatic N) is 4. The molecule has 7 heteroatoms. The third kappa shape index (κ3) is 3.77. The molecule has 1 N–H and O–H groups in total. The van der Waals surface area contributed by atoms with Gasteiger partial charge in [-0.1, -0.05) is 11.2 Å². The molecule has 25 heavy (non-hydrogen) atoms. The number of aromatic nitrogens is 2. The van der Waals surface area contributed by atoms with E-state index in [1.54, 1.807) is 11.5 Å². The van der Waals surface area contributed by atoms with Crippen LogP contribution in [0, 0.1) is 11.8 Å². The van der Waals surface area contributed by atoms with Crippen molar-refractivity contribution in [3.05, 3.63) is 45.2 Å². The molecule has 0 aliphatic carbocycles. The Morgan fingerprint density at radius 2 is 2.20 bits per heavy atom. The van der Waals surface area contributed by atoms with Gasteiger partial charge in [-0.15, -0.1) is 0 Å². The molecule has 3 unspecified atom stereocenters. The molecule has 1 aliphatic heterocycles. The van der Waals surface area contributed by atoms with E-state index in [1.807, 2.05) is 25.1 Å². The Kier molecular flexibility index (Phi) is 5.24. The molecule has 0 amide bonds. The Morgan fingerprint density at radius 3 is 2.96 bits per heavy atom. The van der Waals surface area contributed by atoms with Crippen molar-refractivity contribution in [1.29, 1.82) is 0 Å². The average molecular weight is 344 g/mol. The predicted molar refractivity (Wildman–Crippen MR) is 96.6 cm³/mol. The fraction of sp³-hybridized carbons (Fsp3) is 0.556. The molecule has 1 aliphatic rings. The van der Waals surface area contributed by atoms with Crippen molar-refractivity contribution in [1.82, 2.24) is 14.5 Å². The number of aliphatic hydroxyl groups is 1. The van der Waals surface area contributed by atoms with Crippen LogP contribution in [0.15, 0.2) is 34.4 Å². The standard InChI is InChI=1S/C18H24N4O3/c1-12-3-4-15-17(9-12)22(18(24)11-19-15)8-7-21-6-5-14(23)10-16(21)13(2)20-25/h3-4,9,11,13-14,16,23H,5-8,10H2,1-2H3. The number of aryl methyl sites for hydroxylation is 1. The Hall–Kier alpha value is -2.12.